The lowest BCUT2D eigenvalue weighted by atomic mass is 10.1. The summed E-state index contributed by atoms with van der Waals surface area (Å²) in [6.45, 7) is 0.445. The Balaban J connectivity index is 1.96. The van der Waals surface area contributed by atoms with Crippen LogP contribution in [0.4, 0.5) is 5.69 Å². The molecule has 0 spiro atoms. The molecule has 3 rings (SSSR count). The Morgan fingerprint density at radius 1 is 1.29 bits per heavy atom. The van der Waals surface area contributed by atoms with Gasteiger partial charge in [0.05, 0.1) is 17.5 Å². The quantitative estimate of drug-likeness (QED) is 0.925. The number of carbonyl (C=O) groups is 2. The molecule has 2 aromatic rings. The van der Waals surface area contributed by atoms with Crippen molar-refractivity contribution in [3.63, 3.8) is 0 Å². The molecule has 21 heavy (non-hydrogen) atoms. The molecule has 1 aliphatic rings. The minimum Gasteiger partial charge on any atom is -0.480 e. The molecule has 1 aromatic carbocycles. The average molecular weight is 285 g/mol. The van der Waals surface area contributed by atoms with Gasteiger partial charge in [-0.1, -0.05) is 18.2 Å². The summed E-state index contributed by atoms with van der Waals surface area (Å²) < 4.78 is 1.82. The number of aryl methyl sites for hydroxylation is 1. The zero-order valence-corrected chi connectivity index (χ0v) is 11.4. The van der Waals surface area contributed by atoms with Gasteiger partial charge in [-0.25, -0.2) is 0 Å². The number of carbonyl (C=O) groups excluding carboxylic acids is 1. The van der Waals surface area contributed by atoms with Gasteiger partial charge in [-0.2, -0.15) is 5.10 Å². The Morgan fingerprint density at radius 3 is 2.76 bits per heavy atom. The van der Waals surface area contributed by atoms with Crippen LogP contribution in [0.1, 0.15) is 22.5 Å². The summed E-state index contributed by atoms with van der Waals surface area (Å²) in [5, 5.41) is 13.3. The molecular weight excluding hydrogens is 270 g/mol. The first-order valence-corrected chi connectivity index (χ1v) is 6.80. The molecule has 0 fully saturated rings. The lowest BCUT2D eigenvalue weighted by molar-refractivity contribution is -0.135. The van der Waals surface area contributed by atoms with E-state index in [-0.39, 0.29) is 12.5 Å². The summed E-state index contributed by atoms with van der Waals surface area (Å²) >= 11 is 0. The summed E-state index contributed by atoms with van der Waals surface area (Å²) in [5.74, 6) is -1.36. The molecule has 6 heteroatoms. The van der Waals surface area contributed by atoms with Gasteiger partial charge in [0.15, 0.2) is 0 Å². The van der Waals surface area contributed by atoms with Crippen molar-refractivity contribution in [1.82, 2.24) is 9.78 Å². The van der Waals surface area contributed by atoms with Crippen molar-refractivity contribution in [1.29, 1.82) is 0 Å². The average Bonchev–Trinajstić information content (AvgIpc) is 3.07. The van der Waals surface area contributed by atoms with Crippen molar-refractivity contribution < 1.29 is 14.7 Å². The van der Waals surface area contributed by atoms with Gasteiger partial charge in [0, 0.05) is 12.2 Å². The molecule has 0 saturated heterocycles. The minimum absolute atomic E-state index is 0.313. The third-order valence-corrected chi connectivity index (χ3v) is 3.57. The second-order valence-electron chi connectivity index (χ2n) is 4.95. The number of benzene rings is 1. The number of hydrogen-bond acceptors (Lipinski definition) is 3. The maximum absolute atomic E-state index is 12.7. The molecular formula is C15H15N3O3. The Labute approximate surface area is 121 Å². The van der Waals surface area contributed by atoms with E-state index in [1.165, 1.54) is 11.1 Å². The molecule has 0 aliphatic carbocycles. The van der Waals surface area contributed by atoms with E-state index in [1.807, 2.05) is 10.7 Å². The van der Waals surface area contributed by atoms with Crippen LogP contribution in [-0.4, -0.2) is 33.3 Å². The minimum atomic E-state index is -1.05. The van der Waals surface area contributed by atoms with Crippen molar-refractivity contribution in [2.45, 2.75) is 19.4 Å². The fourth-order valence-corrected chi connectivity index (χ4v) is 2.61. The van der Waals surface area contributed by atoms with Crippen LogP contribution in [0.15, 0.2) is 36.5 Å². The van der Waals surface area contributed by atoms with Crippen LogP contribution in [0.3, 0.4) is 0 Å². The van der Waals surface area contributed by atoms with Gasteiger partial charge in [-0.3, -0.25) is 19.2 Å². The van der Waals surface area contributed by atoms with Crippen molar-refractivity contribution in [3.8, 4) is 0 Å². The molecule has 108 valence electrons. The topological polar surface area (TPSA) is 75.4 Å². The normalized spacial score (nSPS) is 13.0. The Hall–Kier alpha value is -2.63. The van der Waals surface area contributed by atoms with Gasteiger partial charge in [-0.15, -0.1) is 0 Å². The number of anilines is 1. The van der Waals surface area contributed by atoms with Crippen LogP contribution in [0, 0.1) is 0 Å². The number of para-hydroxylation sites is 1. The Morgan fingerprint density at radius 2 is 2.05 bits per heavy atom. The molecule has 1 aromatic heterocycles. The summed E-state index contributed by atoms with van der Waals surface area (Å²) in [4.78, 5) is 25.1. The number of aliphatic carboxylic acids is 1. The third-order valence-electron chi connectivity index (χ3n) is 3.57. The predicted octanol–water partition coefficient (Wildman–Crippen LogP) is 1.56. The van der Waals surface area contributed by atoms with Crippen LogP contribution < -0.4 is 4.90 Å². The number of aromatic nitrogens is 2. The van der Waals surface area contributed by atoms with Gasteiger partial charge in [-0.05, 0) is 25.0 Å². The zero-order valence-electron chi connectivity index (χ0n) is 11.4. The first kappa shape index (κ1) is 13.4. The van der Waals surface area contributed by atoms with Gasteiger partial charge in [0.2, 0.25) is 0 Å². The summed E-state index contributed by atoms with van der Waals surface area (Å²) in [5.41, 5.74) is 1.96. The highest BCUT2D eigenvalue weighted by Crippen LogP contribution is 2.22. The van der Waals surface area contributed by atoms with Gasteiger partial charge >= 0.3 is 5.97 Å². The number of nitrogens with zero attached hydrogens (tertiary/aromatic N) is 3. The monoisotopic (exact) mass is 285 g/mol. The standard InChI is InChI=1S/C15H15N3O3/c19-14(20)10-17(11-5-2-1-3-6-11)15(21)12-9-16-18-8-4-7-13(12)18/h1-3,5-6,9H,4,7-8,10H2,(H,19,20). The molecule has 0 saturated carbocycles. The molecule has 1 amide bonds. The van der Waals surface area contributed by atoms with Crippen LogP contribution in [0.5, 0.6) is 0 Å². The molecule has 6 nitrogen and oxygen atoms in total. The number of carboxylic acids is 1. The fraction of sp³-hybridized carbons (Fsp3) is 0.267. The molecule has 0 atom stereocenters. The molecule has 1 aliphatic heterocycles. The smallest absolute Gasteiger partial charge is 0.323 e. The number of carboxylic acid groups (broad SMARTS) is 1. The van der Waals surface area contributed by atoms with E-state index in [9.17, 15) is 9.59 Å². The maximum atomic E-state index is 12.7. The summed E-state index contributed by atoms with van der Waals surface area (Å²) in [7, 11) is 0. The van der Waals surface area contributed by atoms with E-state index in [2.05, 4.69) is 5.10 Å². The lowest BCUT2D eigenvalue weighted by Gasteiger charge is -2.20. The molecule has 0 unspecified atom stereocenters. The summed E-state index contributed by atoms with van der Waals surface area (Å²) in [6.07, 6.45) is 3.30. The second-order valence-corrected chi connectivity index (χ2v) is 4.95. The number of amides is 1. The Kier molecular flexibility index (Phi) is 3.43. The SMILES string of the molecule is O=C(O)CN(C(=O)c1cnn2c1CCC2)c1ccccc1. The van der Waals surface area contributed by atoms with Crippen molar-refractivity contribution >= 4 is 17.6 Å². The van der Waals surface area contributed by atoms with Crippen LogP contribution >= 0.6 is 0 Å². The number of rotatable bonds is 4. The van der Waals surface area contributed by atoms with Crippen LogP contribution in [0.25, 0.3) is 0 Å². The molecule has 0 bridgehead atoms. The maximum Gasteiger partial charge on any atom is 0.323 e. The van der Waals surface area contributed by atoms with E-state index < -0.39 is 5.97 Å². The van der Waals surface area contributed by atoms with E-state index in [1.54, 1.807) is 24.3 Å². The largest absolute Gasteiger partial charge is 0.480 e. The molecule has 0 radical (unpaired) electrons. The van der Waals surface area contributed by atoms with E-state index >= 15 is 0 Å². The van der Waals surface area contributed by atoms with Crippen LogP contribution in [-0.2, 0) is 17.8 Å². The van der Waals surface area contributed by atoms with E-state index in [0.29, 0.717) is 11.3 Å². The fourth-order valence-electron chi connectivity index (χ4n) is 2.61. The van der Waals surface area contributed by atoms with E-state index in [0.717, 1.165) is 25.1 Å². The third kappa shape index (κ3) is 2.52. The van der Waals surface area contributed by atoms with Crippen LogP contribution in [0.2, 0.25) is 0 Å². The molecule has 2 heterocycles. The van der Waals surface area contributed by atoms with Gasteiger partial charge < -0.3 is 5.11 Å². The number of fused-ring (bicyclic) bond motifs is 1. The van der Waals surface area contributed by atoms with Gasteiger partial charge in [0.1, 0.15) is 6.54 Å². The highest BCUT2D eigenvalue weighted by atomic mass is 16.4. The molecule has 1 N–H and O–H groups in total. The van der Waals surface area contributed by atoms with Crippen molar-refractivity contribution in [2.75, 3.05) is 11.4 Å². The van der Waals surface area contributed by atoms with E-state index in [4.69, 9.17) is 5.11 Å². The lowest BCUT2D eigenvalue weighted by Crippen LogP contribution is -2.36. The Bertz CT molecular complexity index is 679. The first-order valence-electron chi connectivity index (χ1n) is 6.80. The first-order chi connectivity index (χ1) is 10.2. The highest BCUT2D eigenvalue weighted by molar-refractivity contribution is 6.08. The zero-order chi connectivity index (χ0) is 14.8. The second kappa shape index (κ2) is 5.40. The van der Waals surface area contributed by atoms with Gasteiger partial charge in [0.25, 0.3) is 5.91 Å². The number of hydrogen-bond donors (Lipinski definition) is 1. The summed E-state index contributed by atoms with van der Waals surface area (Å²) in [6, 6.07) is 8.83. The predicted molar refractivity (Wildman–Crippen MR) is 76.3 cm³/mol. The van der Waals surface area contributed by atoms with Crippen molar-refractivity contribution in [2.24, 2.45) is 0 Å². The highest BCUT2D eigenvalue weighted by Gasteiger charge is 2.27. The van der Waals surface area contributed by atoms with Crippen molar-refractivity contribution in [3.05, 3.63) is 47.8 Å².